The Morgan fingerprint density at radius 3 is 2.56 bits per heavy atom. The monoisotopic (exact) mass is 391 g/mol. The highest BCUT2D eigenvalue weighted by Crippen LogP contribution is 2.36. The van der Waals surface area contributed by atoms with E-state index in [4.69, 9.17) is 30.5 Å². The number of hydrogen-bond donors (Lipinski definition) is 0. The second-order valence-corrected chi connectivity index (χ2v) is 6.46. The van der Waals surface area contributed by atoms with Gasteiger partial charge in [0.25, 0.3) is 5.91 Å². The van der Waals surface area contributed by atoms with Crippen molar-refractivity contribution in [3.05, 3.63) is 41.4 Å². The first-order valence-corrected chi connectivity index (χ1v) is 9.00. The van der Waals surface area contributed by atoms with Crippen molar-refractivity contribution in [2.24, 2.45) is 0 Å². The molecule has 1 aliphatic heterocycles. The minimum Gasteiger partial charge on any atom is -0.497 e. The van der Waals surface area contributed by atoms with Crippen molar-refractivity contribution in [2.45, 2.75) is 0 Å². The number of ether oxygens (including phenoxy) is 4. The molecule has 0 unspecified atom stereocenters. The highest BCUT2D eigenvalue weighted by atomic mass is 35.5. The fourth-order valence-corrected chi connectivity index (χ4v) is 3.12. The Labute approximate surface area is 163 Å². The largest absolute Gasteiger partial charge is 0.497 e. The van der Waals surface area contributed by atoms with Crippen molar-refractivity contribution in [3.8, 4) is 28.4 Å². The Kier molecular flexibility index (Phi) is 6.42. The lowest BCUT2D eigenvalue weighted by Crippen LogP contribution is -2.42. The summed E-state index contributed by atoms with van der Waals surface area (Å²) in [6, 6.07) is 10.9. The zero-order chi connectivity index (χ0) is 19.2. The van der Waals surface area contributed by atoms with Crippen LogP contribution in [0.3, 0.4) is 0 Å². The van der Waals surface area contributed by atoms with Crippen LogP contribution in [0.5, 0.6) is 17.2 Å². The number of carbonyl (C=O) groups is 1. The van der Waals surface area contributed by atoms with Crippen molar-refractivity contribution >= 4 is 17.5 Å². The quantitative estimate of drug-likeness (QED) is 0.756. The third-order valence-electron chi connectivity index (χ3n) is 4.32. The van der Waals surface area contributed by atoms with E-state index < -0.39 is 0 Å². The number of morpholine rings is 1. The lowest BCUT2D eigenvalue weighted by atomic mass is 10.0. The summed E-state index contributed by atoms with van der Waals surface area (Å²) in [6.07, 6.45) is 0. The summed E-state index contributed by atoms with van der Waals surface area (Å²) >= 11 is 6.27. The van der Waals surface area contributed by atoms with Crippen LogP contribution in [-0.4, -0.2) is 57.9 Å². The van der Waals surface area contributed by atoms with E-state index >= 15 is 0 Å². The normalized spacial score (nSPS) is 14.0. The summed E-state index contributed by atoms with van der Waals surface area (Å²) in [5.41, 5.74) is 1.63. The SMILES string of the molecule is COc1ccc(OC)c(-c2cc(Cl)cc(OCC(=O)N3CCOCC3)c2)c1. The molecule has 0 bridgehead atoms. The van der Waals surface area contributed by atoms with Gasteiger partial charge in [-0.05, 0) is 42.0 Å². The average Bonchev–Trinajstić information content (AvgIpc) is 2.71. The molecule has 1 fully saturated rings. The van der Waals surface area contributed by atoms with Crippen LogP contribution < -0.4 is 14.2 Å². The highest BCUT2D eigenvalue weighted by molar-refractivity contribution is 6.31. The molecule has 0 N–H and O–H groups in total. The number of rotatable bonds is 6. The molecule has 0 atom stereocenters. The number of methoxy groups -OCH3 is 2. The van der Waals surface area contributed by atoms with E-state index in [9.17, 15) is 4.79 Å². The van der Waals surface area contributed by atoms with Gasteiger partial charge in [0.15, 0.2) is 6.61 Å². The van der Waals surface area contributed by atoms with Gasteiger partial charge in [-0.15, -0.1) is 0 Å². The van der Waals surface area contributed by atoms with Crippen LogP contribution >= 0.6 is 11.6 Å². The van der Waals surface area contributed by atoms with Crippen LogP contribution in [0.1, 0.15) is 0 Å². The number of hydrogen-bond acceptors (Lipinski definition) is 5. The zero-order valence-electron chi connectivity index (χ0n) is 15.4. The summed E-state index contributed by atoms with van der Waals surface area (Å²) in [5, 5.41) is 0.506. The number of halogens is 1. The first-order valence-electron chi connectivity index (χ1n) is 8.62. The summed E-state index contributed by atoms with van der Waals surface area (Å²) < 4.78 is 21.7. The number of benzene rings is 2. The molecule has 1 aliphatic rings. The molecule has 0 spiro atoms. The molecule has 6 nitrogen and oxygen atoms in total. The Bertz CT molecular complexity index is 805. The molecule has 1 amide bonds. The molecular weight excluding hydrogens is 370 g/mol. The maximum absolute atomic E-state index is 12.3. The Morgan fingerprint density at radius 1 is 1.07 bits per heavy atom. The third kappa shape index (κ3) is 4.84. The molecule has 27 heavy (non-hydrogen) atoms. The van der Waals surface area contributed by atoms with Gasteiger partial charge in [-0.2, -0.15) is 0 Å². The predicted molar refractivity (Wildman–Crippen MR) is 103 cm³/mol. The van der Waals surface area contributed by atoms with E-state index in [0.717, 1.165) is 11.1 Å². The van der Waals surface area contributed by atoms with Gasteiger partial charge in [-0.3, -0.25) is 4.79 Å². The number of nitrogens with zero attached hydrogens (tertiary/aromatic N) is 1. The van der Waals surface area contributed by atoms with Crippen LogP contribution in [0.2, 0.25) is 5.02 Å². The van der Waals surface area contributed by atoms with Gasteiger partial charge >= 0.3 is 0 Å². The molecule has 1 heterocycles. The van der Waals surface area contributed by atoms with Crippen molar-refractivity contribution < 1.29 is 23.7 Å². The summed E-state index contributed by atoms with van der Waals surface area (Å²) in [6.45, 7) is 2.24. The van der Waals surface area contributed by atoms with Crippen LogP contribution in [0.25, 0.3) is 11.1 Å². The highest BCUT2D eigenvalue weighted by Gasteiger charge is 2.17. The van der Waals surface area contributed by atoms with Gasteiger partial charge in [0, 0.05) is 23.7 Å². The van der Waals surface area contributed by atoms with Crippen LogP contribution in [0, 0.1) is 0 Å². The zero-order valence-corrected chi connectivity index (χ0v) is 16.1. The Balaban J connectivity index is 1.79. The summed E-state index contributed by atoms with van der Waals surface area (Å²) in [5.74, 6) is 1.84. The van der Waals surface area contributed by atoms with Gasteiger partial charge in [0.1, 0.15) is 17.2 Å². The molecular formula is C20H22ClNO5. The van der Waals surface area contributed by atoms with E-state index in [2.05, 4.69) is 0 Å². The van der Waals surface area contributed by atoms with Gasteiger partial charge in [0.2, 0.25) is 0 Å². The van der Waals surface area contributed by atoms with Gasteiger partial charge in [-0.25, -0.2) is 0 Å². The summed E-state index contributed by atoms with van der Waals surface area (Å²) in [7, 11) is 3.21. The molecule has 0 saturated carbocycles. The molecule has 2 aromatic rings. The predicted octanol–water partition coefficient (Wildman–Crippen LogP) is 3.26. The van der Waals surface area contributed by atoms with Gasteiger partial charge in [0.05, 0.1) is 27.4 Å². The van der Waals surface area contributed by atoms with Crippen LogP contribution in [0.15, 0.2) is 36.4 Å². The van der Waals surface area contributed by atoms with Crippen molar-refractivity contribution in [2.75, 3.05) is 47.1 Å². The van der Waals surface area contributed by atoms with E-state index in [1.54, 1.807) is 25.2 Å². The van der Waals surface area contributed by atoms with Crippen molar-refractivity contribution in [3.63, 3.8) is 0 Å². The second kappa shape index (κ2) is 8.97. The van der Waals surface area contributed by atoms with Gasteiger partial charge in [-0.1, -0.05) is 11.6 Å². The molecule has 0 aliphatic carbocycles. The molecule has 7 heteroatoms. The fraction of sp³-hybridized carbons (Fsp3) is 0.350. The van der Waals surface area contributed by atoms with E-state index in [0.29, 0.717) is 48.6 Å². The maximum Gasteiger partial charge on any atom is 0.260 e. The van der Waals surface area contributed by atoms with Crippen molar-refractivity contribution in [1.82, 2.24) is 4.90 Å². The van der Waals surface area contributed by atoms with Crippen LogP contribution in [0.4, 0.5) is 0 Å². The Hall–Kier alpha value is -2.44. The third-order valence-corrected chi connectivity index (χ3v) is 4.53. The fourth-order valence-electron chi connectivity index (χ4n) is 2.89. The van der Waals surface area contributed by atoms with E-state index in [-0.39, 0.29) is 12.5 Å². The Morgan fingerprint density at radius 2 is 1.85 bits per heavy atom. The molecule has 2 aromatic carbocycles. The topological polar surface area (TPSA) is 57.2 Å². The van der Waals surface area contributed by atoms with Gasteiger partial charge < -0.3 is 23.8 Å². The summed E-state index contributed by atoms with van der Waals surface area (Å²) in [4.78, 5) is 14.0. The molecule has 144 valence electrons. The lowest BCUT2D eigenvalue weighted by molar-refractivity contribution is -0.137. The average molecular weight is 392 g/mol. The molecule has 0 aromatic heterocycles. The maximum atomic E-state index is 12.3. The van der Waals surface area contributed by atoms with Crippen LogP contribution in [-0.2, 0) is 9.53 Å². The first kappa shape index (κ1) is 19.3. The van der Waals surface area contributed by atoms with E-state index in [1.807, 2.05) is 30.3 Å². The first-order chi connectivity index (χ1) is 13.1. The van der Waals surface area contributed by atoms with Crippen molar-refractivity contribution in [1.29, 1.82) is 0 Å². The molecule has 1 saturated heterocycles. The number of carbonyl (C=O) groups excluding carboxylic acids is 1. The smallest absolute Gasteiger partial charge is 0.260 e. The standard InChI is InChI=1S/C20H22ClNO5/c1-24-16-3-4-19(25-2)18(12-16)14-9-15(21)11-17(10-14)27-13-20(23)22-5-7-26-8-6-22/h3-4,9-12H,5-8,13H2,1-2H3. The minimum atomic E-state index is -0.0706. The minimum absolute atomic E-state index is 0.0466. The van der Waals surface area contributed by atoms with E-state index in [1.165, 1.54) is 0 Å². The lowest BCUT2D eigenvalue weighted by Gasteiger charge is -2.26. The molecule has 0 radical (unpaired) electrons. The number of amides is 1. The molecule has 3 rings (SSSR count). The second-order valence-electron chi connectivity index (χ2n) is 6.02.